The van der Waals surface area contributed by atoms with Crippen LogP contribution in [0.15, 0.2) is 29.2 Å². The molecule has 118 valence electrons. The van der Waals surface area contributed by atoms with Crippen molar-refractivity contribution in [3.63, 3.8) is 0 Å². The highest BCUT2D eigenvalue weighted by atomic mass is 32.2. The fourth-order valence-electron chi connectivity index (χ4n) is 1.75. The van der Waals surface area contributed by atoms with Crippen molar-refractivity contribution in [2.75, 3.05) is 40.9 Å². The highest BCUT2D eigenvalue weighted by Crippen LogP contribution is 2.19. The monoisotopic (exact) mass is 314 g/mol. The van der Waals surface area contributed by atoms with E-state index < -0.39 is 10.0 Å². The van der Waals surface area contributed by atoms with E-state index in [1.165, 1.54) is 12.0 Å². The molecule has 0 saturated heterocycles. The van der Waals surface area contributed by atoms with Gasteiger partial charge in [0.2, 0.25) is 15.9 Å². The summed E-state index contributed by atoms with van der Waals surface area (Å²) >= 11 is 0. The summed E-state index contributed by atoms with van der Waals surface area (Å²) in [5.74, 6) is -0.275. The van der Waals surface area contributed by atoms with Crippen LogP contribution in [0.2, 0.25) is 0 Å². The summed E-state index contributed by atoms with van der Waals surface area (Å²) in [5, 5.41) is 0. The van der Waals surface area contributed by atoms with Crippen LogP contribution in [-0.4, -0.2) is 64.4 Å². The van der Waals surface area contributed by atoms with Crippen LogP contribution in [0.25, 0.3) is 0 Å². The molecule has 1 aromatic carbocycles. The van der Waals surface area contributed by atoms with E-state index in [4.69, 9.17) is 4.74 Å². The van der Waals surface area contributed by atoms with Gasteiger partial charge in [-0.1, -0.05) is 18.2 Å². The van der Waals surface area contributed by atoms with Crippen LogP contribution < -0.4 is 0 Å². The number of hydrogen-bond donors (Lipinski definition) is 0. The number of methoxy groups -OCH3 is 1. The molecule has 0 radical (unpaired) electrons. The van der Waals surface area contributed by atoms with Gasteiger partial charge in [-0.3, -0.25) is 4.79 Å². The SMILES string of the molecule is COCCN(CC(=O)N(C)C)S(=O)(=O)c1ccccc1C. The second-order valence-electron chi connectivity index (χ2n) is 4.89. The van der Waals surface area contributed by atoms with Gasteiger partial charge in [-0.05, 0) is 18.6 Å². The Balaban J connectivity index is 3.12. The first kappa shape index (κ1) is 17.6. The van der Waals surface area contributed by atoms with Gasteiger partial charge in [-0.2, -0.15) is 4.31 Å². The highest BCUT2D eigenvalue weighted by Gasteiger charge is 2.28. The molecule has 0 fully saturated rings. The zero-order valence-electron chi connectivity index (χ0n) is 12.9. The van der Waals surface area contributed by atoms with Crippen molar-refractivity contribution < 1.29 is 17.9 Å². The van der Waals surface area contributed by atoms with Crippen molar-refractivity contribution in [3.05, 3.63) is 29.8 Å². The molecular weight excluding hydrogens is 292 g/mol. The number of nitrogens with zero attached hydrogens (tertiary/aromatic N) is 2. The van der Waals surface area contributed by atoms with Crippen LogP contribution in [0.4, 0.5) is 0 Å². The molecule has 7 heteroatoms. The lowest BCUT2D eigenvalue weighted by Crippen LogP contribution is -2.42. The van der Waals surface area contributed by atoms with E-state index in [1.54, 1.807) is 45.3 Å². The number of hydrogen-bond acceptors (Lipinski definition) is 4. The minimum absolute atomic E-state index is 0.132. The molecule has 0 aliphatic heterocycles. The van der Waals surface area contributed by atoms with Crippen LogP contribution in [0, 0.1) is 6.92 Å². The third-order valence-electron chi connectivity index (χ3n) is 3.07. The molecule has 6 nitrogen and oxygen atoms in total. The predicted octanol–water partition coefficient (Wildman–Crippen LogP) is 0.720. The van der Waals surface area contributed by atoms with E-state index in [0.29, 0.717) is 5.56 Å². The Hall–Kier alpha value is -1.44. The van der Waals surface area contributed by atoms with E-state index >= 15 is 0 Å². The van der Waals surface area contributed by atoms with Crippen molar-refractivity contribution >= 4 is 15.9 Å². The Morgan fingerprint density at radius 2 is 1.86 bits per heavy atom. The Bertz CT molecular complexity index is 584. The van der Waals surface area contributed by atoms with Crippen LogP contribution in [0.5, 0.6) is 0 Å². The zero-order valence-corrected chi connectivity index (χ0v) is 13.7. The van der Waals surface area contributed by atoms with Crippen LogP contribution in [0.3, 0.4) is 0 Å². The number of amides is 1. The Kier molecular flexibility index (Phi) is 6.32. The van der Waals surface area contributed by atoms with Crippen LogP contribution in [0.1, 0.15) is 5.56 Å². The van der Waals surface area contributed by atoms with E-state index in [2.05, 4.69) is 0 Å². The summed E-state index contributed by atoms with van der Waals surface area (Å²) in [4.78, 5) is 13.4. The molecule has 1 rings (SSSR count). The molecule has 0 N–H and O–H groups in total. The van der Waals surface area contributed by atoms with Gasteiger partial charge in [0.25, 0.3) is 0 Å². The number of aryl methyl sites for hydroxylation is 1. The minimum atomic E-state index is -3.73. The first-order chi connectivity index (χ1) is 9.80. The van der Waals surface area contributed by atoms with Crippen LogP contribution in [-0.2, 0) is 19.6 Å². The maximum atomic E-state index is 12.7. The second-order valence-corrected chi connectivity index (χ2v) is 6.79. The van der Waals surface area contributed by atoms with Gasteiger partial charge >= 0.3 is 0 Å². The fraction of sp³-hybridized carbons (Fsp3) is 0.500. The van der Waals surface area contributed by atoms with Gasteiger partial charge in [-0.25, -0.2) is 8.42 Å². The molecule has 21 heavy (non-hydrogen) atoms. The summed E-state index contributed by atoms with van der Waals surface area (Å²) in [6.07, 6.45) is 0. The van der Waals surface area contributed by atoms with Gasteiger partial charge < -0.3 is 9.64 Å². The molecular formula is C14H22N2O4S. The maximum Gasteiger partial charge on any atom is 0.243 e. The molecule has 0 aliphatic carbocycles. The van der Waals surface area contributed by atoms with Crippen molar-refractivity contribution in [1.82, 2.24) is 9.21 Å². The van der Waals surface area contributed by atoms with E-state index in [0.717, 1.165) is 4.31 Å². The number of ether oxygens (including phenoxy) is 1. The van der Waals surface area contributed by atoms with E-state index in [1.807, 2.05) is 0 Å². The lowest BCUT2D eigenvalue weighted by Gasteiger charge is -2.23. The molecule has 1 amide bonds. The molecule has 0 saturated carbocycles. The normalized spacial score (nSPS) is 11.7. The number of carbonyl (C=O) groups is 1. The molecule has 0 aromatic heterocycles. The topological polar surface area (TPSA) is 66.9 Å². The lowest BCUT2D eigenvalue weighted by atomic mass is 10.2. The van der Waals surface area contributed by atoms with Crippen LogP contribution >= 0.6 is 0 Å². The number of rotatable bonds is 7. The molecule has 1 aromatic rings. The highest BCUT2D eigenvalue weighted by molar-refractivity contribution is 7.89. The summed E-state index contributed by atoms with van der Waals surface area (Å²) < 4.78 is 31.5. The smallest absolute Gasteiger partial charge is 0.243 e. The first-order valence-electron chi connectivity index (χ1n) is 6.55. The Labute approximate surface area is 126 Å². The molecule has 0 unspecified atom stereocenters. The van der Waals surface area contributed by atoms with Gasteiger partial charge in [0.05, 0.1) is 18.0 Å². The van der Waals surface area contributed by atoms with Crippen molar-refractivity contribution in [1.29, 1.82) is 0 Å². The quantitative estimate of drug-likeness (QED) is 0.744. The van der Waals surface area contributed by atoms with Crippen molar-refractivity contribution in [2.24, 2.45) is 0 Å². The molecule has 0 atom stereocenters. The van der Waals surface area contributed by atoms with Crippen molar-refractivity contribution in [3.8, 4) is 0 Å². The Morgan fingerprint density at radius 1 is 1.24 bits per heavy atom. The third-order valence-corrected chi connectivity index (χ3v) is 5.07. The largest absolute Gasteiger partial charge is 0.383 e. The summed E-state index contributed by atoms with van der Waals surface area (Å²) in [5.41, 5.74) is 0.650. The predicted molar refractivity (Wildman–Crippen MR) is 80.5 cm³/mol. The summed E-state index contributed by atoms with van der Waals surface area (Å²) in [7, 11) is 0.955. The number of sulfonamides is 1. The molecule has 0 heterocycles. The van der Waals surface area contributed by atoms with Gasteiger partial charge in [0, 0.05) is 27.7 Å². The average Bonchev–Trinajstić information content (AvgIpc) is 2.43. The summed E-state index contributed by atoms with van der Waals surface area (Å²) in [6, 6.07) is 6.72. The van der Waals surface area contributed by atoms with Crippen molar-refractivity contribution in [2.45, 2.75) is 11.8 Å². The lowest BCUT2D eigenvalue weighted by molar-refractivity contribution is -0.128. The molecule has 0 aliphatic rings. The Morgan fingerprint density at radius 3 is 2.38 bits per heavy atom. The zero-order chi connectivity index (χ0) is 16.0. The second kappa shape index (κ2) is 7.53. The molecule has 0 spiro atoms. The van der Waals surface area contributed by atoms with E-state index in [-0.39, 0.29) is 30.5 Å². The number of benzene rings is 1. The van der Waals surface area contributed by atoms with Gasteiger partial charge in [0.15, 0.2) is 0 Å². The fourth-order valence-corrected chi connectivity index (χ4v) is 3.35. The number of carbonyl (C=O) groups excluding carboxylic acids is 1. The van der Waals surface area contributed by atoms with Gasteiger partial charge in [0.1, 0.15) is 0 Å². The maximum absolute atomic E-state index is 12.7. The standard InChI is InChI=1S/C14H22N2O4S/c1-12-7-5-6-8-13(12)21(18,19)16(9-10-20-4)11-14(17)15(2)3/h5-8H,9-11H2,1-4H3. The minimum Gasteiger partial charge on any atom is -0.383 e. The summed E-state index contributed by atoms with van der Waals surface area (Å²) in [6.45, 7) is 1.89. The van der Waals surface area contributed by atoms with Gasteiger partial charge in [-0.15, -0.1) is 0 Å². The average molecular weight is 314 g/mol. The van der Waals surface area contributed by atoms with E-state index in [9.17, 15) is 13.2 Å². The molecule has 0 bridgehead atoms. The third kappa shape index (κ3) is 4.52. The first-order valence-corrected chi connectivity index (χ1v) is 7.99. The number of likely N-dealkylation sites (N-methyl/N-ethyl adjacent to an activating group) is 1.